The molecule has 0 atom stereocenters. The maximum atomic E-state index is 13.0. The van der Waals surface area contributed by atoms with Gasteiger partial charge >= 0.3 is 0 Å². The van der Waals surface area contributed by atoms with Gasteiger partial charge in [0.05, 0.1) is 11.6 Å². The summed E-state index contributed by atoms with van der Waals surface area (Å²) in [6.45, 7) is 0.678. The number of nitrogens with one attached hydrogen (secondary N) is 1. The van der Waals surface area contributed by atoms with E-state index in [-0.39, 0.29) is 5.41 Å². The maximum Gasteiger partial charge on any atom is 0.228 e. The smallest absolute Gasteiger partial charge is 0.228 e. The zero-order valence-corrected chi connectivity index (χ0v) is 12.1. The van der Waals surface area contributed by atoms with Crippen molar-refractivity contribution in [3.05, 3.63) is 18.0 Å². The fourth-order valence-corrected chi connectivity index (χ4v) is 5.49. The number of rotatable bonds is 3. The van der Waals surface area contributed by atoms with Gasteiger partial charge in [-0.2, -0.15) is 5.10 Å². The van der Waals surface area contributed by atoms with Gasteiger partial charge in [0.2, 0.25) is 5.91 Å². The van der Waals surface area contributed by atoms with Crippen LogP contribution in [0, 0.1) is 23.2 Å². The molecule has 4 nitrogen and oxygen atoms in total. The van der Waals surface area contributed by atoms with E-state index in [2.05, 4.69) is 10.2 Å². The second kappa shape index (κ2) is 4.34. The van der Waals surface area contributed by atoms with Crippen LogP contribution in [0.25, 0.3) is 0 Å². The summed E-state index contributed by atoms with van der Waals surface area (Å²) in [5, 5.41) is 6.79. The number of amides is 1. The van der Waals surface area contributed by atoms with Crippen molar-refractivity contribution in [3.63, 3.8) is 0 Å². The highest BCUT2D eigenvalue weighted by atomic mass is 16.2. The quantitative estimate of drug-likeness (QED) is 0.920. The van der Waals surface area contributed by atoms with Crippen LogP contribution in [0.2, 0.25) is 0 Å². The fraction of sp³-hybridized carbons (Fsp3) is 0.750. The van der Waals surface area contributed by atoms with E-state index in [0.29, 0.717) is 12.5 Å². The highest BCUT2D eigenvalue weighted by molar-refractivity contribution is 5.83. The number of hydrogen-bond donors (Lipinski definition) is 1. The number of aromatic amines is 1. The van der Waals surface area contributed by atoms with Crippen LogP contribution in [0.5, 0.6) is 0 Å². The third-order valence-electron chi connectivity index (χ3n) is 5.81. The molecule has 4 aliphatic carbocycles. The van der Waals surface area contributed by atoms with E-state index in [1.165, 1.54) is 19.3 Å². The normalized spacial score (nSPS) is 38.1. The molecule has 0 unspecified atom stereocenters. The monoisotopic (exact) mass is 273 g/mol. The summed E-state index contributed by atoms with van der Waals surface area (Å²) >= 11 is 0. The lowest BCUT2D eigenvalue weighted by Crippen LogP contribution is -2.53. The molecule has 4 saturated carbocycles. The minimum absolute atomic E-state index is 0.0206. The van der Waals surface area contributed by atoms with Gasteiger partial charge in [0.15, 0.2) is 0 Å². The van der Waals surface area contributed by atoms with Crippen molar-refractivity contribution in [1.82, 2.24) is 15.1 Å². The zero-order chi connectivity index (χ0) is 13.7. The first-order valence-corrected chi connectivity index (χ1v) is 7.88. The van der Waals surface area contributed by atoms with Gasteiger partial charge in [-0.1, -0.05) is 0 Å². The summed E-state index contributed by atoms with van der Waals surface area (Å²) in [6.07, 6.45) is 11.3. The van der Waals surface area contributed by atoms with Crippen LogP contribution in [0.1, 0.15) is 44.1 Å². The first-order valence-electron chi connectivity index (χ1n) is 7.88. The lowest BCUT2D eigenvalue weighted by atomic mass is 9.49. The van der Waals surface area contributed by atoms with Gasteiger partial charge in [-0.25, -0.2) is 0 Å². The Bertz CT molecular complexity index is 473. The van der Waals surface area contributed by atoms with Crippen LogP contribution >= 0.6 is 0 Å². The molecule has 0 aromatic carbocycles. The Morgan fingerprint density at radius 2 is 1.90 bits per heavy atom. The van der Waals surface area contributed by atoms with Crippen molar-refractivity contribution in [1.29, 1.82) is 0 Å². The minimum Gasteiger partial charge on any atom is -0.341 e. The number of aromatic nitrogens is 2. The summed E-state index contributed by atoms with van der Waals surface area (Å²) in [4.78, 5) is 14.9. The van der Waals surface area contributed by atoms with E-state index in [1.54, 1.807) is 0 Å². The summed E-state index contributed by atoms with van der Waals surface area (Å²) in [5.74, 6) is 2.87. The first kappa shape index (κ1) is 12.4. The molecule has 4 bridgehead atoms. The number of hydrogen-bond acceptors (Lipinski definition) is 2. The molecule has 0 saturated heterocycles. The molecule has 4 heteroatoms. The van der Waals surface area contributed by atoms with Gasteiger partial charge < -0.3 is 4.90 Å². The molecule has 4 aliphatic rings. The standard InChI is InChI=1S/C16H23N3O/c1-19(10-14-8-17-18-9-14)15(20)16-5-11-2-12(6-16)4-13(3-11)7-16/h8-9,11-13H,2-7,10H2,1H3,(H,17,18). The molecule has 0 aliphatic heterocycles. The molecule has 5 rings (SSSR count). The van der Waals surface area contributed by atoms with E-state index < -0.39 is 0 Å². The van der Waals surface area contributed by atoms with Crippen molar-refractivity contribution in [3.8, 4) is 0 Å². The van der Waals surface area contributed by atoms with Crippen LogP contribution in [0.15, 0.2) is 12.4 Å². The van der Waals surface area contributed by atoms with Gasteiger partial charge in [0, 0.05) is 25.4 Å². The molecular formula is C16H23N3O. The molecule has 1 amide bonds. The molecule has 1 heterocycles. The van der Waals surface area contributed by atoms with E-state index in [0.717, 1.165) is 42.6 Å². The predicted octanol–water partition coefficient (Wildman–Crippen LogP) is 2.58. The molecule has 0 radical (unpaired) electrons. The first-order chi connectivity index (χ1) is 9.64. The van der Waals surface area contributed by atoms with Crippen molar-refractivity contribution in [2.45, 2.75) is 45.1 Å². The Kier molecular flexibility index (Phi) is 2.69. The summed E-state index contributed by atoms with van der Waals surface area (Å²) in [7, 11) is 1.95. The number of nitrogens with zero attached hydrogens (tertiary/aromatic N) is 2. The van der Waals surface area contributed by atoms with Crippen LogP contribution in [-0.2, 0) is 11.3 Å². The molecule has 1 aromatic rings. The Hall–Kier alpha value is -1.32. The predicted molar refractivity (Wildman–Crippen MR) is 75.7 cm³/mol. The Morgan fingerprint density at radius 3 is 2.40 bits per heavy atom. The third kappa shape index (κ3) is 1.88. The molecule has 108 valence electrons. The molecule has 1 aromatic heterocycles. The lowest BCUT2D eigenvalue weighted by molar-refractivity contribution is -0.156. The second-order valence-electron chi connectivity index (χ2n) is 7.47. The van der Waals surface area contributed by atoms with Gasteiger partial charge in [-0.05, 0) is 56.3 Å². The molecule has 1 N–H and O–H groups in total. The highest BCUT2D eigenvalue weighted by Crippen LogP contribution is 2.60. The van der Waals surface area contributed by atoms with Gasteiger partial charge in [0.25, 0.3) is 0 Å². The second-order valence-corrected chi connectivity index (χ2v) is 7.47. The van der Waals surface area contributed by atoms with E-state index in [9.17, 15) is 4.79 Å². The molecule has 20 heavy (non-hydrogen) atoms. The fourth-order valence-electron chi connectivity index (χ4n) is 5.49. The topological polar surface area (TPSA) is 49.0 Å². The Balaban J connectivity index is 1.53. The summed E-state index contributed by atoms with van der Waals surface area (Å²) in [5.41, 5.74) is 1.07. The number of H-pyrrole nitrogens is 1. The molecule has 4 fully saturated rings. The van der Waals surface area contributed by atoms with Crippen LogP contribution in [-0.4, -0.2) is 28.1 Å². The molecule has 0 spiro atoms. The number of carbonyl (C=O) groups excluding carboxylic acids is 1. The van der Waals surface area contributed by atoms with E-state index in [4.69, 9.17) is 0 Å². The Labute approximate surface area is 119 Å². The van der Waals surface area contributed by atoms with Crippen molar-refractivity contribution >= 4 is 5.91 Å². The van der Waals surface area contributed by atoms with Crippen LogP contribution in [0.3, 0.4) is 0 Å². The third-order valence-corrected chi connectivity index (χ3v) is 5.81. The highest BCUT2D eigenvalue weighted by Gasteiger charge is 2.55. The molecular weight excluding hydrogens is 250 g/mol. The van der Waals surface area contributed by atoms with Gasteiger partial charge in [-0.3, -0.25) is 9.89 Å². The van der Waals surface area contributed by atoms with E-state index in [1.807, 2.05) is 24.3 Å². The zero-order valence-electron chi connectivity index (χ0n) is 12.1. The minimum atomic E-state index is -0.0206. The summed E-state index contributed by atoms with van der Waals surface area (Å²) in [6, 6.07) is 0. The van der Waals surface area contributed by atoms with Crippen LogP contribution in [0.4, 0.5) is 0 Å². The van der Waals surface area contributed by atoms with Crippen molar-refractivity contribution in [2.24, 2.45) is 23.2 Å². The Morgan fingerprint density at radius 1 is 1.30 bits per heavy atom. The largest absolute Gasteiger partial charge is 0.341 e. The average Bonchev–Trinajstić information content (AvgIpc) is 2.89. The van der Waals surface area contributed by atoms with Crippen molar-refractivity contribution < 1.29 is 4.79 Å². The van der Waals surface area contributed by atoms with E-state index >= 15 is 0 Å². The lowest BCUT2D eigenvalue weighted by Gasteiger charge is -2.56. The maximum absolute atomic E-state index is 13.0. The van der Waals surface area contributed by atoms with Gasteiger partial charge in [0.1, 0.15) is 0 Å². The van der Waals surface area contributed by atoms with Crippen molar-refractivity contribution in [2.75, 3.05) is 7.05 Å². The SMILES string of the molecule is CN(Cc1cn[nH]c1)C(=O)C12CC3CC(CC(C3)C1)C2. The van der Waals surface area contributed by atoms with Gasteiger partial charge in [-0.15, -0.1) is 0 Å². The summed E-state index contributed by atoms with van der Waals surface area (Å²) < 4.78 is 0. The number of carbonyl (C=O) groups is 1. The average molecular weight is 273 g/mol. The van der Waals surface area contributed by atoms with Crippen LogP contribution < -0.4 is 0 Å².